The van der Waals surface area contributed by atoms with Crippen LogP contribution >= 0.6 is 27.5 Å². The van der Waals surface area contributed by atoms with E-state index in [-0.39, 0.29) is 0 Å². The van der Waals surface area contributed by atoms with Crippen LogP contribution in [0.25, 0.3) is 0 Å². The molecule has 1 aliphatic rings. The normalized spacial score (nSPS) is 27.2. The van der Waals surface area contributed by atoms with Crippen molar-refractivity contribution >= 4 is 27.5 Å². The van der Waals surface area contributed by atoms with Crippen LogP contribution in [0.3, 0.4) is 0 Å². The molecule has 1 nitrogen and oxygen atoms in total. The van der Waals surface area contributed by atoms with Crippen LogP contribution < -0.4 is 5.73 Å². The summed E-state index contributed by atoms with van der Waals surface area (Å²) in [6, 6.07) is 6.22. The summed E-state index contributed by atoms with van der Waals surface area (Å²) in [4.78, 5) is 0. The molecule has 1 aliphatic carbocycles. The van der Waals surface area contributed by atoms with Crippen LogP contribution in [-0.2, 0) is 0 Å². The lowest BCUT2D eigenvalue weighted by Gasteiger charge is -2.02. The lowest BCUT2D eigenvalue weighted by Crippen LogP contribution is -2.01. The van der Waals surface area contributed by atoms with E-state index in [1.165, 1.54) is 5.56 Å². The van der Waals surface area contributed by atoms with Gasteiger partial charge in [0.2, 0.25) is 0 Å². The molecule has 12 heavy (non-hydrogen) atoms. The van der Waals surface area contributed by atoms with Crippen molar-refractivity contribution in [2.45, 2.75) is 18.4 Å². The van der Waals surface area contributed by atoms with Gasteiger partial charge in [0.25, 0.3) is 0 Å². The van der Waals surface area contributed by atoms with Crippen molar-refractivity contribution < 1.29 is 0 Å². The standard InChI is InChI=1S/C9H9BrClN/c10-8-3-5(11)1-2-6(8)7-4-9(7)12/h1-3,7,9H,4,12H2. The highest BCUT2D eigenvalue weighted by molar-refractivity contribution is 9.10. The van der Waals surface area contributed by atoms with E-state index >= 15 is 0 Å². The maximum atomic E-state index is 5.82. The van der Waals surface area contributed by atoms with Gasteiger partial charge in [-0.15, -0.1) is 0 Å². The molecule has 0 aliphatic heterocycles. The predicted octanol–water partition coefficient (Wildman–Crippen LogP) is 2.92. The lowest BCUT2D eigenvalue weighted by atomic mass is 10.1. The molecule has 1 aromatic rings. The first kappa shape index (κ1) is 8.54. The average molecular weight is 247 g/mol. The van der Waals surface area contributed by atoms with Crippen molar-refractivity contribution in [3.05, 3.63) is 33.3 Å². The fourth-order valence-corrected chi connectivity index (χ4v) is 2.35. The summed E-state index contributed by atoms with van der Waals surface area (Å²) >= 11 is 9.29. The van der Waals surface area contributed by atoms with E-state index < -0.39 is 0 Å². The first-order chi connectivity index (χ1) is 5.68. The van der Waals surface area contributed by atoms with Crippen LogP contribution in [0.1, 0.15) is 17.9 Å². The van der Waals surface area contributed by atoms with E-state index in [2.05, 4.69) is 15.9 Å². The third kappa shape index (κ3) is 1.51. The van der Waals surface area contributed by atoms with Crippen LogP contribution in [0, 0.1) is 0 Å². The zero-order chi connectivity index (χ0) is 8.72. The third-order valence-electron chi connectivity index (χ3n) is 2.20. The second-order valence-electron chi connectivity index (χ2n) is 3.17. The predicted molar refractivity (Wildman–Crippen MR) is 54.5 cm³/mol. The van der Waals surface area contributed by atoms with Crippen LogP contribution in [-0.4, -0.2) is 6.04 Å². The molecule has 3 heteroatoms. The number of rotatable bonds is 1. The molecule has 1 aromatic carbocycles. The maximum absolute atomic E-state index is 5.82. The van der Waals surface area contributed by atoms with Crippen molar-refractivity contribution in [3.8, 4) is 0 Å². The Kier molecular flexibility index (Phi) is 2.15. The van der Waals surface area contributed by atoms with Gasteiger partial charge in [-0.05, 0) is 24.1 Å². The first-order valence-electron chi connectivity index (χ1n) is 3.89. The molecular formula is C9H9BrClN. The Morgan fingerprint density at radius 3 is 2.67 bits per heavy atom. The molecule has 0 heterocycles. The molecule has 64 valence electrons. The van der Waals surface area contributed by atoms with Gasteiger partial charge in [0.05, 0.1) is 0 Å². The van der Waals surface area contributed by atoms with Gasteiger partial charge < -0.3 is 5.73 Å². The van der Waals surface area contributed by atoms with Crippen molar-refractivity contribution in [2.24, 2.45) is 5.73 Å². The second-order valence-corrected chi connectivity index (χ2v) is 4.46. The minimum Gasteiger partial charge on any atom is -0.327 e. The third-order valence-corrected chi connectivity index (χ3v) is 3.12. The van der Waals surface area contributed by atoms with E-state index in [1.807, 2.05) is 18.2 Å². The minimum atomic E-state index is 0.350. The van der Waals surface area contributed by atoms with Gasteiger partial charge in [0, 0.05) is 21.5 Å². The number of hydrogen-bond acceptors (Lipinski definition) is 1. The summed E-state index contributed by atoms with van der Waals surface area (Å²) in [7, 11) is 0. The average Bonchev–Trinajstić information content (AvgIpc) is 2.66. The van der Waals surface area contributed by atoms with E-state index in [0.29, 0.717) is 12.0 Å². The highest BCUT2D eigenvalue weighted by Gasteiger charge is 2.35. The summed E-state index contributed by atoms with van der Waals surface area (Å²) in [6.07, 6.45) is 1.10. The quantitative estimate of drug-likeness (QED) is 0.810. The second kappa shape index (κ2) is 3.02. The van der Waals surface area contributed by atoms with E-state index in [4.69, 9.17) is 17.3 Å². The maximum Gasteiger partial charge on any atom is 0.0417 e. The Hall–Kier alpha value is -0.0500. The van der Waals surface area contributed by atoms with Gasteiger partial charge in [-0.2, -0.15) is 0 Å². The van der Waals surface area contributed by atoms with E-state index in [9.17, 15) is 0 Å². The monoisotopic (exact) mass is 245 g/mol. The minimum absolute atomic E-state index is 0.350. The Labute approximate surface area is 85.0 Å². The fourth-order valence-electron chi connectivity index (χ4n) is 1.37. The van der Waals surface area contributed by atoms with Crippen LogP contribution in [0.4, 0.5) is 0 Å². The molecule has 2 rings (SSSR count). The summed E-state index contributed by atoms with van der Waals surface area (Å²) in [5.74, 6) is 0.539. The summed E-state index contributed by atoms with van der Waals surface area (Å²) in [5, 5.41) is 0.764. The van der Waals surface area contributed by atoms with Gasteiger partial charge in [0.1, 0.15) is 0 Å². The summed E-state index contributed by atoms with van der Waals surface area (Å²) in [6.45, 7) is 0. The topological polar surface area (TPSA) is 26.0 Å². The molecular weight excluding hydrogens is 237 g/mol. The molecule has 0 aromatic heterocycles. The van der Waals surface area contributed by atoms with Crippen molar-refractivity contribution in [2.75, 3.05) is 0 Å². The van der Waals surface area contributed by atoms with Crippen LogP contribution in [0.15, 0.2) is 22.7 Å². The summed E-state index contributed by atoms with van der Waals surface area (Å²) < 4.78 is 1.08. The molecule has 2 N–H and O–H groups in total. The zero-order valence-corrected chi connectivity index (χ0v) is 8.77. The van der Waals surface area contributed by atoms with E-state index in [0.717, 1.165) is 15.9 Å². The summed E-state index contributed by atoms with van der Waals surface area (Å²) in [5.41, 5.74) is 7.04. The molecule has 0 saturated heterocycles. The van der Waals surface area contributed by atoms with Crippen molar-refractivity contribution in [1.29, 1.82) is 0 Å². The Balaban J connectivity index is 2.33. The Morgan fingerprint density at radius 1 is 1.50 bits per heavy atom. The van der Waals surface area contributed by atoms with Crippen molar-refractivity contribution in [3.63, 3.8) is 0 Å². The van der Waals surface area contributed by atoms with Gasteiger partial charge in [0.15, 0.2) is 0 Å². The fraction of sp³-hybridized carbons (Fsp3) is 0.333. The number of halogens is 2. The smallest absolute Gasteiger partial charge is 0.0417 e. The van der Waals surface area contributed by atoms with E-state index in [1.54, 1.807) is 0 Å². The molecule has 2 atom stereocenters. The highest BCUT2D eigenvalue weighted by atomic mass is 79.9. The highest BCUT2D eigenvalue weighted by Crippen LogP contribution is 2.42. The van der Waals surface area contributed by atoms with Crippen molar-refractivity contribution in [1.82, 2.24) is 0 Å². The molecule has 0 amide bonds. The molecule has 1 fully saturated rings. The first-order valence-corrected chi connectivity index (χ1v) is 5.06. The van der Waals surface area contributed by atoms with Gasteiger partial charge in [-0.25, -0.2) is 0 Å². The van der Waals surface area contributed by atoms with Gasteiger partial charge in [-0.3, -0.25) is 0 Å². The molecule has 0 bridgehead atoms. The number of benzene rings is 1. The van der Waals surface area contributed by atoms with Gasteiger partial charge >= 0.3 is 0 Å². The molecule has 2 unspecified atom stereocenters. The molecule has 1 saturated carbocycles. The number of nitrogens with two attached hydrogens (primary N) is 1. The molecule has 0 radical (unpaired) electrons. The Morgan fingerprint density at radius 2 is 2.17 bits per heavy atom. The van der Waals surface area contributed by atoms with Crippen LogP contribution in [0.5, 0.6) is 0 Å². The zero-order valence-electron chi connectivity index (χ0n) is 6.43. The van der Waals surface area contributed by atoms with Crippen LogP contribution in [0.2, 0.25) is 5.02 Å². The number of hydrogen-bond donors (Lipinski definition) is 1. The lowest BCUT2D eigenvalue weighted by molar-refractivity contribution is 0.986. The largest absolute Gasteiger partial charge is 0.327 e. The molecule has 0 spiro atoms. The van der Waals surface area contributed by atoms with Gasteiger partial charge in [-0.1, -0.05) is 33.6 Å². The SMILES string of the molecule is NC1CC1c1ccc(Cl)cc1Br. The Bertz CT molecular complexity index is 313.